The summed E-state index contributed by atoms with van der Waals surface area (Å²) in [7, 11) is 0. The Morgan fingerprint density at radius 1 is 1.50 bits per heavy atom. The quantitative estimate of drug-likeness (QED) is 0.610. The SMILES string of the molecule is CCCOCN(C(=O)OC(C)(C)C)c1nccs1. The molecule has 0 aliphatic heterocycles. The van der Waals surface area contributed by atoms with Crippen molar-refractivity contribution in [2.24, 2.45) is 0 Å². The molecule has 0 spiro atoms. The van der Waals surface area contributed by atoms with Crippen molar-refractivity contribution in [1.29, 1.82) is 0 Å². The summed E-state index contributed by atoms with van der Waals surface area (Å²) < 4.78 is 10.7. The summed E-state index contributed by atoms with van der Waals surface area (Å²) in [5, 5.41) is 2.40. The van der Waals surface area contributed by atoms with E-state index in [1.54, 1.807) is 6.20 Å². The van der Waals surface area contributed by atoms with E-state index in [-0.39, 0.29) is 6.73 Å². The fraction of sp³-hybridized carbons (Fsp3) is 0.667. The summed E-state index contributed by atoms with van der Waals surface area (Å²) in [6, 6.07) is 0. The normalized spacial score (nSPS) is 11.3. The fourth-order valence-electron chi connectivity index (χ4n) is 1.15. The summed E-state index contributed by atoms with van der Waals surface area (Å²) in [4.78, 5) is 17.6. The molecule has 0 saturated heterocycles. The maximum Gasteiger partial charge on any atom is 0.418 e. The van der Waals surface area contributed by atoms with Crippen molar-refractivity contribution in [3.8, 4) is 0 Å². The molecule has 0 aliphatic rings. The zero-order valence-corrected chi connectivity index (χ0v) is 12.1. The minimum absolute atomic E-state index is 0.163. The number of rotatable bonds is 5. The number of aromatic nitrogens is 1. The smallest absolute Gasteiger partial charge is 0.418 e. The van der Waals surface area contributed by atoms with Crippen LogP contribution in [-0.2, 0) is 9.47 Å². The Kier molecular flexibility index (Phi) is 5.55. The Labute approximate surface area is 112 Å². The van der Waals surface area contributed by atoms with Crippen molar-refractivity contribution in [3.63, 3.8) is 0 Å². The Morgan fingerprint density at radius 3 is 2.72 bits per heavy atom. The molecule has 102 valence electrons. The predicted molar refractivity (Wildman–Crippen MR) is 71.9 cm³/mol. The topological polar surface area (TPSA) is 51.7 Å². The first kappa shape index (κ1) is 14.9. The van der Waals surface area contributed by atoms with Gasteiger partial charge in [-0.1, -0.05) is 6.92 Å². The Bertz CT molecular complexity index is 360. The number of amides is 1. The van der Waals surface area contributed by atoms with Gasteiger partial charge in [-0.2, -0.15) is 0 Å². The molecule has 0 aliphatic carbocycles. The molecule has 5 nitrogen and oxygen atoms in total. The van der Waals surface area contributed by atoms with Gasteiger partial charge in [0.1, 0.15) is 12.3 Å². The van der Waals surface area contributed by atoms with Gasteiger partial charge >= 0.3 is 6.09 Å². The third-order valence-electron chi connectivity index (χ3n) is 1.83. The van der Waals surface area contributed by atoms with Crippen LogP contribution in [0.3, 0.4) is 0 Å². The summed E-state index contributed by atoms with van der Waals surface area (Å²) in [6.07, 6.45) is 2.12. The van der Waals surface area contributed by atoms with Gasteiger partial charge in [0.25, 0.3) is 0 Å². The molecule has 0 fully saturated rings. The van der Waals surface area contributed by atoms with E-state index in [4.69, 9.17) is 9.47 Å². The summed E-state index contributed by atoms with van der Waals surface area (Å²) >= 11 is 1.38. The zero-order chi connectivity index (χ0) is 13.6. The van der Waals surface area contributed by atoms with Crippen LogP contribution in [0.25, 0.3) is 0 Å². The molecular formula is C12H20N2O3S. The van der Waals surface area contributed by atoms with Crippen LogP contribution in [0, 0.1) is 0 Å². The van der Waals surface area contributed by atoms with Crippen LogP contribution in [0.5, 0.6) is 0 Å². The van der Waals surface area contributed by atoms with Crippen LogP contribution < -0.4 is 4.90 Å². The van der Waals surface area contributed by atoms with Gasteiger partial charge in [-0.15, -0.1) is 11.3 Å². The second-order valence-corrected chi connectivity index (χ2v) is 5.63. The van der Waals surface area contributed by atoms with Gasteiger partial charge in [-0.05, 0) is 27.2 Å². The molecule has 6 heteroatoms. The fourth-order valence-corrected chi connectivity index (χ4v) is 1.77. The highest BCUT2D eigenvalue weighted by Gasteiger charge is 2.24. The standard InChI is InChI=1S/C12H20N2O3S/c1-5-7-16-9-14(10-13-6-8-18-10)11(15)17-12(2,3)4/h6,8H,5,7,9H2,1-4H3. The lowest BCUT2D eigenvalue weighted by Gasteiger charge is -2.25. The lowest BCUT2D eigenvalue weighted by Crippen LogP contribution is -2.38. The Hall–Kier alpha value is -1.14. The van der Waals surface area contributed by atoms with Crippen molar-refractivity contribution < 1.29 is 14.3 Å². The lowest BCUT2D eigenvalue weighted by atomic mass is 10.2. The molecule has 1 heterocycles. The zero-order valence-electron chi connectivity index (χ0n) is 11.3. The monoisotopic (exact) mass is 272 g/mol. The van der Waals surface area contributed by atoms with Crippen LogP contribution in [0.15, 0.2) is 11.6 Å². The minimum Gasteiger partial charge on any atom is -0.443 e. The molecule has 1 aromatic heterocycles. The minimum atomic E-state index is -0.530. The van der Waals surface area contributed by atoms with Gasteiger partial charge in [0.15, 0.2) is 5.13 Å². The van der Waals surface area contributed by atoms with Gasteiger partial charge in [-0.3, -0.25) is 0 Å². The van der Waals surface area contributed by atoms with Crippen molar-refractivity contribution in [2.75, 3.05) is 18.2 Å². The van der Waals surface area contributed by atoms with Crippen LogP contribution in [0.4, 0.5) is 9.93 Å². The number of carbonyl (C=O) groups excluding carboxylic acids is 1. The van der Waals surface area contributed by atoms with Gasteiger partial charge in [-0.25, -0.2) is 14.7 Å². The third-order valence-corrected chi connectivity index (χ3v) is 2.63. The number of ether oxygens (including phenoxy) is 2. The number of hydrogen-bond donors (Lipinski definition) is 0. The third kappa shape index (κ3) is 5.01. The molecular weight excluding hydrogens is 252 g/mol. The van der Waals surface area contributed by atoms with E-state index in [1.807, 2.05) is 33.1 Å². The van der Waals surface area contributed by atoms with Crippen LogP contribution in [0.2, 0.25) is 0 Å². The van der Waals surface area contributed by atoms with E-state index in [0.29, 0.717) is 11.7 Å². The molecule has 1 rings (SSSR count). The molecule has 0 atom stereocenters. The Balaban J connectivity index is 2.68. The first-order chi connectivity index (χ1) is 8.44. The summed E-state index contributed by atoms with van der Waals surface area (Å²) in [5.41, 5.74) is -0.530. The largest absolute Gasteiger partial charge is 0.443 e. The first-order valence-corrected chi connectivity index (χ1v) is 6.79. The van der Waals surface area contributed by atoms with Gasteiger partial charge in [0.2, 0.25) is 0 Å². The molecule has 18 heavy (non-hydrogen) atoms. The maximum atomic E-state index is 12.0. The van der Waals surface area contributed by atoms with E-state index < -0.39 is 11.7 Å². The average Bonchev–Trinajstić information content (AvgIpc) is 2.74. The average molecular weight is 272 g/mol. The molecule has 0 bridgehead atoms. The number of carbonyl (C=O) groups is 1. The number of hydrogen-bond acceptors (Lipinski definition) is 5. The maximum absolute atomic E-state index is 12.0. The highest BCUT2D eigenvalue weighted by molar-refractivity contribution is 7.13. The van der Waals surface area contributed by atoms with Gasteiger partial charge in [0, 0.05) is 18.2 Å². The Morgan fingerprint density at radius 2 is 2.22 bits per heavy atom. The van der Waals surface area contributed by atoms with Gasteiger partial charge < -0.3 is 9.47 Å². The number of thiazole rings is 1. The van der Waals surface area contributed by atoms with E-state index in [9.17, 15) is 4.79 Å². The van der Waals surface area contributed by atoms with Crippen molar-refractivity contribution in [3.05, 3.63) is 11.6 Å². The van der Waals surface area contributed by atoms with Crippen LogP contribution >= 0.6 is 11.3 Å². The summed E-state index contributed by atoms with van der Waals surface area (Å²) in [6.45, 7) is 8.27. The molecule has 0 radical (unpaired) electrons. The first-order valence-electron chi connectivity index (χ1n) is 5.92. The highest BCUT2D eigenvalue weighted by atomic mass is 32.1. The van der Waals surface area contributed by atoms with Crippen LogP contribution in [-0.4, -0.2) is 30.0 Å². The van der Waals surface area contributed by atoms with E-state index >= 15 is 0 Å². The van der Waals surface area contributed by atoms with E-state index in [0.717, 1.165) is 6.42 Å². The highest BCUT2D eigenvalue weighted by Crippen LogP contribution is 2.20. The molecule has 1 aromatic rings. The number of anilines is 1. The molecule has 0 N–H and O–H groups in total. The van der Waals surface area contributed by atoms with Crippen LogP contribution in [0.1, 0.15) is 34.1 Å². The van der Waals surface area contributed by atoms with Gasteiger partial charge in [0.05, 0.1) is 0 Å². The molecule has 0 unspecified atom stereocenters. The van der Waals surface area contributed by atoms with E-state index in [2.05, 4.69) is 4.98 Å². The second kappa shape index (κ2) is 6.70. The molecule has 0 aromatic carbocycles. The second-order valence-electron chi connectivity index (χ2n) is 4.76. The van der Waals surface area contributed by atoms with E-state index in [1.165, 1.54) is 16.2 Å². The van der Waals surface area contributed by atoms with Crippen molar-refractivity contribution in [1.82, 2.24) is 4.98 Å². The summed E-state index contributed by atoms with van der Waals surface area (Å²) in [5.74, 6) is 0. The van der Waals surface area contributed by atoms with Crippen molar-refractivity contribution in [2.45, 2.75) is 39.7 Å². The number of nitrogens with zero attached hydrogens (tertiary/aromatic N) is 2. The van der Waals surface area contributed by atoms with Crippen molar-refractivity contribution >= 4 is 22.6 Å². The predicted octanol–water partition coefficient (Wildman–Crippen LogP) is 3.27. The lowest BCUT2D eigenvalue weighted by molar-refractivity contribution is 0.0491. The molecule has 1 amide bonds. The molecule has 0 saturated carbocycles.